The van der Waals surface area contributed by atoms with Gasteiger partial charge in [0, 0.05) is 13.1 Å². The summed E-state index contributed by atoms with van der Waals surface area (Å²) in [5, 5.41) is 2.59. The molecule has 2 aromatic heterocycles. The Labute approximate surface area is 314 Å². The average Bonchev–Trinajstić information content (AvgIpc) is 4.07. The van der Waals surface area contributed by atoms with Gasteiger partial charge in [0.25, 0.3) is 0 Å². The lowest BCUT2D eigenvalue weighted by molar-refractivity contribution is -0.138. The van der Waals surface area contributed by atoms with Crippen molar-refractivity contribution in [3.63, 3.8) is 0 Å². The number of ether oxygens (including phenoxy) is 1. The van der Waals surface area contributed by atoms with E-state index in [1.165, 1.54) is 0 Å². The van der Waals surface area contributed by atoms with Gasteiger partial charge >= 0.3 is 6.09 Å². The van der Waals surface area contributed by atoms with Gasteiger partial charge in [-0.2, -0.15) is 0 Å². The summed E-state index contributed by atoms with van der Waals surface area (Å²) in [7, 11) is 0. The first kappa shape index (κ1) is 35.3. The summed E-state index contributed by atoms with van der Waals surface area (Å²) in [5.41, 5.74) is 7.04. The van der Waals surface area contributed by atoms with Gasteiger partial charge in [-0.3, -0.25) is 14.5 Å². The molecular weight excluding hydrogens is 681 g/mol. The van der Waals surface area contributed by atoms with Crippen molar-refractivity contribution in [2.45, 2.75) is 63.7 Å². The normalized spacial score (nSPS) is 20.4. The van der Waals surface area contributed by atoms with Gasteiger partial charge in [0.2, 0.25) is 11.8 Å². The molecule has 5 heterocycles. The van der Waals surface area contributed by atoms with Gasteiger partial charge in [-0.1, -0.05) is 92.7 Å². The molecule has 0 bridgehead atoms. The van der Waals surface area contributed by atoms with E-state index in [9.17, 15) is 14.4 Å². The number of nitrogens with zero attached hydrogens (tertiary/aromatic N) is 5. The number of H-pyrrole nitrogens is 2. The second kappa shape index (κ2) is 15.3. The van der Waals surface area contributed by atoms with E-state index in [4.69, 9.17) is 9.72 Å². The molecule has 3 aliphatic rings. The van der Waals surface area contributed by atoms with Crippen molar-refractivity contribution in [2.24, 2.45) is 0 Å². The third-order valence-corrected chi connectivity index (χ3v) is 11.1. The maximum atomic E-state index is 14.2. The van der Waals surface area contributed by atoms with E-state index in [1.807, 2.05) is 35.5 Å². The van der Waals surface area contributed by atoms with Crippen LogP contribution in [-0.2, 0) is 14.3 Å². The van der Waals surface area contributed by atoms with Crippen molar-refractivity contribution >= 4 is 17.9 Å². The van der Waals surface area contributed by atoms with Crippen LogP contribution in [0, 0.1) is 0 Å². The van der Waals surface area contributed by atoms with Crippen LogP contribution in [0.5, 0.6) is 0 Å². The molecule has 12 nitrogen and oxygen atoms in total. The zero-order valence-corrected chi connectivity index (χ0v) is 30.7. The monoisotopic (exact) mass is 726 g/mol. The smallest absolute Gasteiger partial charge is 0.407 e. The Morgan fingerprint density at radius 3 is 1.80 bits per heavy atom. The molecule has 3 amide bonds. The Bertz CT molecular complexity index is 2090. The SMILES string of the molecule is CCN(CC)[C@@H](C(=O)N1CCC[C@H]1c1ncc(-c2ccc(-c3ccc(-c4cnc([C@@H]5CCCN5C(=O)[C@@H]5COC(=O)N5)[nH]4)cc3)cc2)[nH]1)c1ccccc1. The quantitative estimate of drug-likeness (QED) is 0.139. The first-order chi connectivity index (χ1) is 26.4. The topological polar surface area (TPSA) is 140 Å². The first-order valence-corrected chi connectivity index (χ1v) is 19.1. The fraction of sp³-hybridized carbons (Fsp3) is 0.357. The Morgan fingerprint density at radius 2 is 1.28 bits per heavy atom. The van der Waals surface area contributed by atoms with Crippen molar-refractivity contribution in [2.75, 3.05) is 32.8 Å². The average molecular weight is 727 g/mol. The lowest BCUT2D eigenvalue weighted by atomic mass is 10.0. The Hall–Kier alpha value is -5.75. The molecule has 0 aliphatic carbocycles. The molecular formula is C42H46N8O4. The highest BCUT2D eigenvalue weighted by atomic mass is 16.6. The van der Waals surface area contributed by atoms with Crippen LogP contribution in [0.2, 0.25) is 0 Å². The summed E-state index contributed by atoms with van der Waals surface area (Å²) >= 11 is 0. The van der Waals surface area contributed by atoms with Gasteiger partial charge in [-0.25, -0.2) is 14.8 Å². The molecule has 0 spiro atoms. The number of nitrogens with one attached hydrogen (secondary N) is 3. The van der Waals surface area contributed by atoms with Crippen LogP contribution in [-0.4, -0.2) is 91.4 Å². The maximum Gasteiger partial charge on any atom is 0.407 e. The Kier molecular flexibility index (Phi) is 10.0. The number of carbonyl (C=O) groups excluding carboxylic acids is 3. The lowest BCUT2D eigenvalue weighted by Gasteiger charge is -2.34. The number of likely N-dealkylation sites (tertiary alicyclic amines) is 2. The minimum Gasteiger partial charge on any atom is -0.447 e. The molecule has 3 aromatic carbocycles. The molecule has 3 aliphatic heterocycles. The molecule has 3 fully saturated rings. The summed E-state index contributed by atoms with van der Waals surface area (Å²) in [5.74, 6) is 1.56. The van der Waals surface area contributed by atoms with Gasteiger partial charge in [0.1, 0.15) is 30.3 Å². The minimum atomic E-state index is -0.651. The van der Waals surface area contributed by atoms with Gasteiger partial charge in [-0.05, 0) is 66.6 Å². The van der Waals surface area contributed by atoms with E-state index in [-0.39, 0.29) is 36.5 Å². The zero-order chi connectivity index (χ0) is 37.2. The first-order valence-electron chi connectivity index (χ1n) is 19.1. The van der Waals surface area contributed by atoms with E-state index < -0.39 is 12.1 Å². The van der Waals surface area contributed by atoms with Gasteiger partial charge < -0.3 is 29.8 Å². The predicted octanol–water partition coefficient (Wildman–Crippen LogP) is 6.65. The summed E-state index contributed by atoms with van der Waals surface area (Å²) in [6.07, 6.45) is 6.63. The number of imidazole rings is 2. The van der Waals surface area contributed by atoms with Crippen LogP contribution < -0.4 is 5.32 Å². The van der Waals surface area contributed by atoms with Gasteiger partial charge in [0.05, 0.1) is 35.9 Å². The van der Waals surface area contributed by atoms with Gasteiger partial charge in [0.15, 0.2) is 0 Å². The molecule has 3 saturated heterocycles. The van der Waals surface area contributed by atoms with Crippen molar-refractivity contribution in [1.29, 1.82) is 0 Å². The Balaban J connectivity index is 0.931. The van der Waals surface area contributed by atoms with E-state index in [0.29, 0.717) is 6.54 Å². The fourth-order valence-corrected chi connectivity index (χ4v) is 8.23. The minimum absolute atomic E-state index is 0.0553. The highest BCUT2D eigenvalue weighted by Gasteiger charge is 2.40. The van der Waals surface area contributed by atoms with E-state index in [0.717, 1.165) is 96.2 Å². The van der Waals surface area contributed by atoms with Crippen LogP contribution in [0.4, 0.5) is 4.79 Å². The van der Waals surface area contributed by atoms with Crippen LogP contribution in [0.15, 0.2) is 91.3 Å². The zero-order valence-electron chi connectivity index (χ0n) is 30.7. The number of rotatable bonds is 11. The van der Waals surface area contributed by atoms with Crippen molar-refractivity contribution in [3.05, 3.63) is 108 Å². The molecule has 4 atom stereocenters. The predicted molar refractivity (Wildman–Crippen MR) is 205 cm³/mol. The van der Waals surface area contributed by atoms with Crippen LogP contribution in [0.3, 0.4) is 0 Å². The van der Waals surface area contributed by atoms with E-state index in [1.54, 1.807) is 4.90 Å². The molecule has 0 unspecified atom stereocenters. The molecule has 8 rings (SSSR count). The number of benzene rings is 3. The van der Waals surface area contributed by atoms with E-state index >= 15 is 0 Å². The van der Waals surface area contributed by atoms with Crippen LogP contribution >= 0.6 is 0 Å². The third kappa shape index (κ3) is 6.89. The van der Waals surface area contributed by atoms with Crippen molar-refractivity contribution in [3.8, 4) is 33.6 Å². The van der Waals surface area contributed by atoms with Gasteiger partial charge in [-0.15, -0.1) is 0 Å². The molecule has 3 N–H and O–H groups in total. The number of hydrogen-bond acceptors (Lipinski definition) is 7. The fourth-order valence-electron chi connectivity index (χ4n) is 8.23. The number of likely N-dealkylation sites (N-methyl/N-ethyl adjacent to an activating group) is 1. The summed E-state index contributed by atoms with van der Waals surface area (Å²) in [6, 6.07) is 25.6. The highest BCUT2D eigenvalue weighted by molar-refractivity contribution is 5.88. The third-order valence-electron chi connectivity index (χ3n) is 11.1. The van der Waals surface area contributed by atoms with E-state index in [2.05, 4.69) is 99.7 Å². The Morgan fingerprint density at radius 1 is 0.759 bits per heavy atom. The number of carbonyl (C=O) groups is 3. The standard InChI is InChI=1S/C42H46N8O4/c1-3-48(4-2)37(31-10-6-5-7-11-31)41(52)50-23-9-13-36(50)39-44-25-33(46-39)30-20-16-28(17-21-30)27-14-18-29(19-15-27)32-24-43-38(45-32)35-12-8-22-49(35)40(51)34-26-54-42(53)47-34/h5-7,10-11,14-21,24-25,34-37H,3-4,8-9,12-13,22-23,26H2,1-2H3,(H,43,45)(H,44,46)(H,47,53)/t34-,35-,36-,37+/m0/s1. The summed E-state index contributed by atoms with van der Waals surface area (Å²) < 4.78 is 4.94. The molecule has 278 valence electrons. The van der Waals surface area contributed by atoms with Crippen LogP contribution in [0.1, 0.15) is 74.9 Å². The van der Waals surface area contributed by atoms with Crippen LogP contribution in [0.25, 0.3) is 33.6 Å². The second-order valence-corrected chi connectivity index (χ2v) is 14.2. The molecule has 54 heavy (non-hydrogen) atoms. The summed E-state index contributed by atoms with van der Waals surface area (Å²) in [6.45, 7) is 7.20. The number of amides is 3. The lowest BCUT2D eigenvalue weighted by Crippen LogP contribution is -2.45. The number of aromatic amines is 2. The van der Waals surface area contributed by atoms with Crippen molar-refractivity contribution < 1.29 is 19.1 Å². The number of cyclic esters (lactones) is 1. The molecule has 5 aromatic rings. The van der Waals surface area contributed by atoms with Crippen molar-refractivity contribution in [1.82, 2.24) is 40.0 Å². The summed E-state index contributed by atoms with van der Waals surface area (Å²) in [4.78, 5) is 61.2. The molecule has 0 radical (unpaired) electrons. The number of aromatic nitrogens is 4. The number of alkyl carbamates (subject to hydrolysis) is 1. The second-order valence-electron chi connectivity index (χ2n) is 14.2. The largest absolute Gasteiger partial charge is 0.447 e. The maximum absolute atomic E-state index is 14.2. The molecule has 0 saturated carbocycles. The highest BCUT2D eigenvalue weighted by Crippen LogP contribution is 2.36. The number of hydrogen-bond donors (Lipinski definition) is 3. The molecule has 12 heteroatoms.